The highest BCUT2D eigenvalue weighted by atomic mass is 32.2. The lowest BCUT2D eigenvalue weighted by Crippen LogP contribution is -2.60. The van der Waals surface area contributed by atoms with Gasteiger partial charge in [-0.2, -0.15) is 0 Å². The quantitative estimate of drug-likeness (QED) is 0.166. The van der Waals surface area contributed by atoms with Crippen LogP contribution in [-0.4, -0.2) is 62.0 Å². The number of thioether (sulfide) groups is 1. The van der Waals surface area contributed by atoms with Crippen LogP contribution < -0.4 is 10.6 Å². The van der Waals surface area contributed by atoms with Crippen molar-refractivity contribution in [2.45, 2.75) is 95.2 Å². The summed E-state index contributed by atoms with van der Waals surface area (Å²) < 4.78 is 4.98. The van der Waals surface area contributed by atoms with E-state index in [0.29, 0.717) is 12.2 Å². The van der Waals surface area contributed by atoms with Gasteiger partial charge in [-0.25, -0.2) is 4.79 Å². The van der Waals surface area contributed by atoms with Gasteiger partial charge in [0.2, 0.25) is 11.8 Å². The molecule has 0 bridgehead atoms. The van der Waals surface area contributed by atoms with Crippen LogP contribution in [0.3, 0.4) is 0 Å². The standard InChI is InChI=1S/C25H43N3O4S.2C2H6.C2H2/c1-12-18(33-14-3)25(8,9)19(26-10)21(29)27-20(24(5,6)7)22(30)28(11)16-15-17(4)23(31)32-13-2;3*1-2/h12,14-15,19-20,26H,3,13,16H2,1-2,4-11H3,(H,27,29);2*1-2H3;1-2H/b17-15+,18-12-;;;/t19-,20-;;;/m1.../s1. The Balaban J connectivity index is -0.000000948. The molecule has 0 aromatic rings. The van der Waals surface area contributed by atoms with E-state index >= 15 is 0 Å². The van der Waals surface area contributed by atoms with Crippen LogP contribution in [0.1, 0.15) is 83.1 Å². The zero-order valence-electron chi connectivity index (χ0n) is 27.2. The Hall–Kier alpha value is -2.50. The van der Waals surface area contributed by atoms with Crippen molar-refractivity contribution in [3.05, 3.63) is 34.6 Å². The number of ether oxygens (including phenoxy) is 1. The summed E-state index contributed by atoms with van der Waals surface area (Å²) in [5, 5.41) is 7.84. The molecule has 0 aliphatic heterocycles. The maximum Gasteiger partial charge on any atom is 0.333 e. The molecule has 0 saturated heterocycles. The SMILES string of the molecule is C#C.C=CS/C(=C\C)C(C)(C)[C@H](NC)C(=O)N[C@H](C(=O)N(C)C/C=C(\C)C(=O)OCC)C(C)(C)C.CC.CC. The Kier molecular flexibility index (Phi) is 26.1. The highest BCUT2D eigenvalue weighted by Gasteiger charge is 2.41. The van der Waals surface area contributed by atoms with Gasteiger partial charge in [0.25, 0.3) is 0 Å². The molecule has 0 fully saturated rings. The molecule has 0 heterocycles. The van der Waals surface area contributed by atoms with E-state index in [1.165, 1.54) is 16.7 Å². The van der Waals surface area contributed by atoms with Gasteiger partial charge in [0.15, 0.2) is 0 Å². The molecule has 2 amide bonds. The van der Waals surface area contributed by atoms with Crippen molar-refractivity contribution in [3.8, 4) is 12.8 Å². The lowest BCUT2D eigenvalue weighted by atomic mass is 9.81. The molecule has 0 aliphatic rings. The number of rotatable bonds is 12. The molecule has 0 aromatic carbocycles. The second kappa shape index (κ2) is 23.4. The van der Waals surface area contributed by atoms with E-state index in [1.54, 1.807) is 39.4 Å². The monoisotopic (exact) mass is 567 g/mol. The highest BCUT2D eigenvalue weighted by Crippen LogP contribution is 2.38. The summed E-state index contributed by atoms with van der Waals surface area (Å²) in [7, 11) is 3.39. The summed E-state index contributed by atoms with van der Waals surface area (Å²) in [6, 6.07) is -1.32. The summed E-state index contributed by atoms with van der Waals surface area (Å²) in [4.78, 5) is 41.0. The van der Waals surface area contributed by atoms with E-state index in [9.17, 15) is 14.4 Å². The highest BCUT2D eigenvalue weighted by molar-refractivity contribution is 8.05. The van der Waals surface area contributed by atoms with Crippen LogP contribution in [-0.2, 0) is 19.1 Å². The number of allylic oxidation sites excluding steroid dienone is 1. The smallest absolute Gasteiger partial charge is 0.333 e. The first-order chi connectivity index (χ1) is 18.2. The molecule has 2 atom stereocenters. The van der Waals surface area contributed by atoms with Crippen molar-refractivity contribution in [2.75, 3.05) is 27.2 Å². The van der Waals surface area contributed by atoms with E-state index in [-0.39, 0.29) is 18.4 Å². The average Bonchev–Trinajstić information content (AvgIpc) is 2.91. The Labute approximate surface area is 244 Å². The topological polar surface area (TPSA) is 87.7 Å². The maximum absolute atomic E-state index is 13.4. The second-order valence-electron chi connectivity index (χ2n) is 9.51. The molecule has 8 heteroatoms. The van der Waals surface area contributed by atoms with E-state index in [0.717, 1.165) is 4.91 Å². The van der Waals surface area contributed by atoms with Crippen LogP contribution in [0.2, 0.25) is 0 Å². The largest absolute Gasteiger partial charge is 0.463 e. The van der Waals surface area contributed by atoms with Crippen molar-refractivity contribution in [2.24, 2.45) is 10.8 Å². The van der Waals surface area contributed by atoms with Crippen LogP contribution >= 0.6 is 11.8 Å². The fourth-order valence-electron chi connectivity index (χ4n) is 3.43. The zero-order chi connectivity index (χ0) is 32.0. The Bertz CT molecular complexity index is 808. The minimum Gasteiger partial charge on any atom is -0.463 e. The van der Waals surface area contributed by atoms with Crippen LogP contribution in [0.25, 0.3) is 0 Å². The van der Waals surface area contributed by atoms with Gasteiger partial charge >= 0.3 is 5.97 Å². The van der Waals surface area contributed by atoms with Gasteiger partial charge in [0, 0.05) is 24.6 Å². The van der Waals surface area contributed by atoms with Crippen molar-refractivity contribution in [1.82, 2.24) is 15.5 Å². The Morgan fingerprint density at radius 3 is 1.90 bits per heavy atom. The first kappa shape index (κ1) is 43.5. The third-order valence-electron chi connectivity index (χ3n) is 5.42. The summed E-state index contributed by atoms with van der Waals surface area (Å²) in [5.74, 6) is -0.898. The fourth-order valence-corrected chi connectivity index (χ4v) is 4.17. The van der Waals surface area contributed by atoms with Gasteiger partial charge in [-0.1, -0.05) is 81.0 Å². The first-order valence-electron chi connectivity index (χ1n) is 13.5. The number of esters is 1. The zero-order valence-corrected chi connectivity index (χ0v) is 28.0. The van der Waals surface area contributed by atoms with Gasteiger partial charge < -0.3 is 20.3 Å². The molecule has 0 spiro atoms. The van der Waals surface area contributed by atoms with Crippen LogP contribution in [0, 0.1) is 23.7 Å². The van der Waals surface area contributed by atoms with Gasteiger partial charge in [0.1, 0.15) is 6.04 Å². The van der Waals surface area contributed by atoms with Gasteiger partial charge in [-0.3, -0.25) is 9.59 Å². The van der Waals surface area contributed by atoms with E-state index < -0.39 is 28.9 Å². The fraction of sp³-hybridized carbons (Fsp3) is 0.645. The van der Waals surface area contributed by atoms with Crippen molar-refractivity contribution < 1.29 is 19.1 Å². The van der Waals surface area contributed by atoms with E-state index in [2.05, 4.69) is 30.1 Å². The molecular formula is C31H57N3O4S. The van der Waals surface area contributed by atoms with Gasteiger partial charge in [0.05, 0.1) is 12.6 Å². The number of hydrogen-bond acceptors (Lipinski definition) is 6. The van der Waals surface area contributed by atoms with Crippen molar-refractivity contribution in [3.63, 3.8) is 0 Å². The number of terminal acetylenes is 1. The number of hydrogen-bond donors (Lipinski definition) is 2. The normalized spacial score (nSPS) is 12.9. The van der Waals surface area contributed by atoms with Gasteiger partial charge in [-0.15, -0.1) is 24.6 Å². The molecule has 0 saturated carbocycles. The lowest BCUT2D eigenvalue weighted by molar-refractivity contribution is -0.139. The molecule has 0 unspecified atom stereocenters. The number of likely N-dealkylation sites (N-methyl/N-ethyl adjacent to an activating group) is 2. The lowest BCUT2D eigenvalue weighted by Gasteiger charge is -2.38. The number of nitrogens with one attached hydrogen (secondary N) is 2. The average molecular weight is 568 g/mol. The predicted octanol–water partition coefficient (Wildman–Crippen LogP) is 6.18. The van der Waals surface area contributed by atoms with Crippen LogP contribution in [0.4, 0.5) is 0 Å². The molecule has 39 heavy (non-hydrogen) atoms. The molecule has 0 aromatic heterocycles. The molecule has 2 N–H and O–H groups in total. The second-order valence-corrected chi connectivity index (χ2v) is 10.5. The van der Waals surface area contributed by atoms with Crippen LogP contribution in [0.15, 0.2) is 34.6 Å². The summed E-state index contributed by atoms with van der Waals surface area (Å²) in [6.07, 6.45) is 11.6. The summed E-state index contributed by atoms with van der Waals surface area (Å²) >= 11 is 1.48. The summed E-state index contributed by atoms with van der Waals surface area (Å²) in [5.41, 5.74) is -0.616. The Morgan fingerprint density at radius 2 is 1.54 bits per heavy atom. The number of nitrogens with zero attached hydrogens (tertiary/aromatic N) is 1. The molecular weight excluding hydrogens is 510 g/mol. The molecule has 0 radical (unpaired) electrons. The number of amides is 2. The molecule has 226 valence electrons. The van der Waals surface area contributed by atoms with E-state index in [4.69, 9.17) is 4.74 Å². The van der Waals surface area contributed by atoms with Crippen molar-refractivity contribution >= 4 is 29.5 Å². The molecule has 0 rings (SSSR count). The first-order valence-corrected chi connectivity index (χ1v) is 14.4. The van der Waals surface area contributed by atoms with Crippen LogP contribution in [0.5, 0.6) is 0 Å². The third kappa shape index (κ3) is 15.6. The minimum atomic E-state index is -0.751. The van der Waals surface area contributed by atoms with Gasteiger partial charge in [-0.05, 0) is 43.5 Å². The molecule has 7 nitrogen and oxygen atoms in total. The van der Waals surface area contributed by atoms with Crippen molar-refractivity contribution in [1.29, 1.82) is 0 Å². The number of carbonyl (C=O) groups excluding carboxylic acids is 3. The maximum atomic E-state index is 13.4. The minimum absolute atomic E-state index is 0.228. The summed E-state index contributed by atoms with van der Waals surface area (Å²) in [6.45, 7) is 27.3. The molecule has 0 aliphatic carbocycles. The Morgan fingerprint density at radius 1 is 1.05 bits per heavy atom. The predicted molar refractivity (Wildman–Crippen MR) is 170 cm³/mol. The third-order valence-corrected chi connectivity index (χ3v) is 6.61. The number of carbonyl (C=O) groups is 3. The van der Waals surface area contributed by atoms with E-state index in [1.807, 2.05) is 75.3 Å².